The van der Waals surface area contributed by atoms with E-state index in [9.17, 15) is 13.2 Å². The molecule has 2 nitrogen and oxygen atoms in total. The van der Waals surface area contributed by atoms with E-state index in [0.717, 1.165) is 12.1 Å². The number of hydrogen-bond acceptors (Lipinski definition) is 2. The lowest BCUT2D eigenvalue weighted by atomic mass is 10.1. The topological polar surface area (TPSA) is 24.9 Å². The van der Waals surface area contributed by atoms with Crippen LogP contribution >= 0.6 is 0 Å². The van der Waals surface area contributed by atoms with Gasteiger partial charge in [0.15, 0.2) is 0 Å². The molecule has 0 radical (unpaired) electrons. The highest BCUT2D eigenvalue weighted by molar-refractivity contribution is 5.19. The van der Waals surface area contributed by atoms with E-state index < -0.39 is 11.7 Å². The zero-order valence-corrected chi connectivity index (χ0v) is 9.52. The molecule has 0 aliphatic carbocycles. The van der Waals surface area contributed by atoms with Crippen LogP contribution in [0.3, 0.4) is 0 Å². The molecule has 0 unspecified atom stereocenters. The molecule has 0 aromatic carbocycles. The minimum atomic E-state index is -4.31. The van der Waals surface area contributed by atoms with Crippen molar-refractivity contribution in [2.24, 2.45) is 0 Å². The maximum atomic E-state index is 12.4. The van der Waals surface area contributed by atoms with Gasteiger partial charge in [0.05, 0.1) is 11.3 Å². The fourth-order valence-corrected chi connectivity index (χ4v) is 1.11. The van der Waals surface area contributed by atoms with Crippen molar-refractivity contribution in [3.05, 3.63) is 29.6 Å². The lowest BCUT2D eigenvalue weighted by Crippen LogP contribution is -2.35. The molecule has 0 fully saturated rings. The number of nitrogens with zero attached hydrogens (tertiary/aromatic N) is 1. The van der Waals surface area contributed by atoms with E-state index >= 15 is 0 Å². The molecule has 1 rings (SSSR count). The van der Waals surface area contributed by atoms with Crippen LogP contribution in [0.25, 0.3) is 0 Å². The molecule has 0 amide bonds. The summed E-state index contributed by atoms with van der Waals surface area (Å²) in [6.45, 7) is 6.16. The van der Waals surface area contributed by atoms with Crippen molar-refractivity contribution in [1.29, 1.82) is 0 Å². The molecule has 0 saturated heterocycles. The summed E-state index contributed by atoms with van der Waals surface area (Å²) >= 11 is 0. The van der Waals surface area contributed by atoms with E-state index in [2.05, 4.69) is 10.3 Å². The van der Waals surface area contributed by atoms with Crippen LogP contribution in [0.4, 0.5) is 13.2 Å². The van der Waals surface area contributed by atoms with Crippen molar-refractivity contribution in [2.45, 2.75) is 39.0 Å². The molecule has 1 aromatic heterocycles. The normalized spacial score (nSPS) is 12.9. The van der Waals surface area contributed by atoms with Crippen LogP contribution in [0.5, 0.6) is 0 Å². The zero-order valence-electron chi connectivity index (χ0n) is 9.52. The van der Waals surface area contributed by atoms with Crippen molar-refractivity contribution in [1.82, 2.24) is 10.3 Å². The van der Waals surface area contributed by atoms with Crippen LogP contribution in [0.2, 0.25) is 0 Å². The van der Waals surface area contributed by atoms with Crippen molar-refractivity contribution < 1.29 is 13.2 Å². The second-order valence-corrected chi connectivity index (χ2v) is 4.64. The van der Waals surface area contributed by atoms with Crippen molar-refractivity contribution in [3.8, 4) is 0 Å². The Balaban J connectivity index is 2.76. The van der Waals surface area contributed by atoms with Gasteiger partial charge in [0.25, 0.3) is 0 Å². The van der Waals surface area contributed by atoms with Gasteiger partial charge in [0, 0.05) is 18.3 Å². The van der Waals surface area contributed by atoms with E-state index in [4.69, 9.17) is 0 Å². The quantitative estimate of drug-likeness (QED) is 0.847. The number of nitrogens with one attached hydrogen (secondary N) is 1. The van der Waals surface area contributed by atoms with Gasteiger partial charge in [-0.25, -0.2) is 0 Å². The molecule has 16 heavy (non-hydrogen) atoms. The van der Waals surface area contributed by atoms with Crippen LogP contribution in [-0.2, 0) is 12.7 Å². The summed E-state index contributed by atoms with van der Waals surface area (Å²) in [7, 11) is 0. The van der Waals surface area contributed by atoms with E-state index in [-0.39, 0.29) is 5.54 Å². The highest BCUT2D eigenvalue weighted by atomic mass is 19.4. The molecule has 90 valence electrons. The molecule has 1 aromatic rings. The summed E-state index contributed by atoms with van der Waals surface area (Å²) in [6, 6.07) is 2.04. The molecule has 0 spiro atoms. The Morgan fingerprint density at radius 3 is 2.38 bits per heavy atom. The highest BCUT2D eigenvalue weighted by Crippen LogP contribution is 2.28. The van der Waals surface area contributed by atoms with Crippen molar-refractivity contribution in [2.75, 3.05) is 0 Å². The summed E-state index contributed by atoms with van der Waals surface area (Å²) in [4.78, 5) is 3.89. The summed E-state index contributed by atoms with van der Waals surface area (Å²) in [6.07, 6.45) is -3.12. The summed E-state index contributed by atoms with van der Waals surface area (Å²) < 4.78 is 37.2. The van der Waals surface area contributed by atoms with Crippen LogP contribution in [0, 0.1) is 0 Å². The third-order valence-corrected chi connectivity index (χ3v) is 1.94. The van der Waals surface area contributed by atoms with E-state index in [1.54, 1.807) is 0 Å². The maximum absolute atomic E-state index is 12.4. The SMILES string of the molecule is CC(C)(C)NCc1cc(C(F)(F)F)ccn1. The van der Waals surface area contributed by atoms with Gasteiger partial charge in [0.1, 0.15) is 0 Å². The Hall–Kier alpha value is -1.10. The molecular formula is C11H15F3N2. The molecular weight excluding hydrogens is 217 g/mol. The predicted molar refractivity (Wildman–Crippen MR) is 55.8 cm³/mol. The Morgan fingerprint density at radius 2 is 1.88 bits per heavy atom. The number of halogens is 3. The Kier molecular flexibility index (Phi) is 3.57. The number of alkyl halides is 3. The first-order valence-corrected chi connectivity index (χ1v) is 4.96. The Morgan fingerprint density at radius 1 is 1.25 bits per heavy atom. The number of pyridine rings is 1. The summed E-state index contributed by atoms with van der Waals surface area (Å²) in [5.74, 6) is 0. The minimum absolute atomic E-state index is 0.143. The van der Waals surface area contributed by atoms with Gasteiger partial charge in [-0.15, -0.1) is 0 Å². The molecule has 0 atom stereocenters. The van der Waals surface area contributed by atoms with Gasteiger partial charge >= 0.3 is 6.18 Å². The molecule has 0 bridgehead atoms. The average Bonchev–Trinajstić information content (AvgIpc) is 2.13. The highest BCUT2D eigenvalue weighted by Gasteiger charge is 2.30. The minimum Gasteiger partial charge on any atom is -0.306 e. The largest absolute Gasteiger partial charge is 0.416 e. The first-order chi connectivity index (χ1) is 7.18. The van der Waals surface area contributed by atoms with Crippen LogP contribution in [0.15, 0.2) is 18.3 Å². The van der Waals surface area contributed by atoms with Crippen LogP contribution in [0.1, 0.15) is 32.0 Å². The van der Waals surface area contributed by atoms with Gasteiger partial charge in [0.2, 0.25) is 0 Å². The van der Waals surface area contributed by atoms with Crippen LogP contribution in [-0.4, -0.2) is 10.5 Å². The van der Waals surface area contributed by atoms with Gasteiger partial charge in [-0.2, -0.15) is 13.2 Å². The lowest BCUT2D eigenvalue weighted by molar-refractivity contribution is -0.137. The first-order valence-electron chi connectivity index (χ1n) is 4.96. The molecule has 1 N–H and O–H groups in total. The summed E-state index contributed by atoms with van der Waals surface area (Å²) in [5.41, 5.74) is -0.409. The second kappa shape index (κ2) is 4.41. The summed E-state index contributed by atoms with van der Waals surface area (Å²) in [5, 5.41) is 3.09. The number of rotatable bonds is 2. The van der Waals surface area contributed by atoms with E-state index in [1.165, 1.54) is 6.20 Å². The van der Waals surface area contributed by atoms with Gasteiger partial charge in [-0.05, 0) is 32.9 Å². The Labute approximate surface area is 92.9 Å². The fraction of sp³-hybridized carbons (Fsp3) is 0.545. The predicted octanol–water partition coefficient (Wildman–Crippen LogP) is 2.99. The van der Waals surface area contributed by atoms with Gasteiger partial charge in [-0.1, -0.05) is 0 Å². The number of hydrogen-bond donors (Lipinski definition) is 1. The molecule has 0 aliphatic rings. The standard InChI is InChI=1S/C11H15F3N2/c1-10(2,3)16-7-9-6-8(4-5-15-9)11(12,13)14/h4-6,16H,7H2,1-3H3. The number of aromatic nitrogens is 1. The first kappa shape index (κ1) is 13.0. The van der Waals surface area contributed by atoms with Gasteiger partial charge < -0.3 is 5.32 Å². The monoisotopic (exact) mass is 232 g/mol. The van der Waals surface area contributed by atoms with Crippen molar-refractivity contribution >= 4 is 0 Å². The molecule has 1 heterocycles. The van der Waals surface area contributed by atoms with Gasteiger partial charge in [-0.3, -0.25) is 4.98 Å². The van der Waals surface area contributed by atoms with E-state index in [1.807, 2.05) is 20.8 Å². The molecule has 0 aliphatic heterocycles. The van der Waals surface area contributed by atoms with E-state index in [0.29, 0.717) is 12.2 Å². The Bertz CT molecular complexity index is 353. The fourth-order valence-electron chi connectivity index (χ4n) is 1.11. The maximum Gasteiger partial charge on any atom is 0.416 e. The lowest BCUT2D eigenvalue weighted by Gasteiger charge is -2.20. The molecule has 5 heteroatoms. The molecule has 0 saturated carbocycles. The third kappa shape index (κ3) is 4.18. The third-order valence-electron chi connectivity index (χ3n) is 1.94. The second-order valence-electron chi connectivity index (χ2n) is 4.64. The van der Waals surface area contributed by atoms with Crippen LogP contribution < -0.4 is 5.32 Å². The van der Waals surface area contributed by atoms with Crippen molar-refractivity contribution in [3.63, 3.8) is 0 Å². The average molecular weight is 232 g/mol. The smallest absolute Gasteiger partial charge is 0.306 e. The zero-order chi connectivity index (χ0) is 12.4.